The molecule has 0 radical (unpaired) electrons. The minimum absolute atomic E-state index is 0.806. The van der Waals surface area contributed by atoms with Gasteiger partial charge in [-0.2, -0.15) is 0 Å². The number of furan rings is 1. The molecule has 0 aliphatic rings. The van der Waals surface area contributed by atoms with E-state index in [-0.39, 0.29) is 0 Å². The van der Waals surface area contributed by atoms with Crippen molar-refractivity contribution in [2.24, 2.45) is 0 Å². The second-order valence-corrected chi connectivity index (χ2v) is 2.21. The Bertz CT molecular complexity index is 169. The van der Waals surface area contributed by atoms with Gasteiger partial charge in [-0.05, 0) is 19.1 Å². The van der Waals surface area contributed by atoms with Gasteiger partial charge in [-0.15, -0.1) is 0 Å². The van der Waals surface area contributed by atoms with Crippen LogP contribution in [0.3, 0.4) is 0 Å². The third-order valence-electron chi connectivity index (χ3n) is 0.928. The maximum Gasteiger partial charge on any atom is 0.114 e. The lowest BCUT2D eigenvalue weighted by atomic mass is 10.5. The van der Waals surface area contributed by atoms with Crippen molar-refractivity contribution in [2.45, 2.75) is 12.3 Å². The van der Waals surface area contributed by atoms with Crippen molar-refractivity contribution in [3.8, 4) is 0 Å². The van der Waals surface area contributed by atoms with E-state index in [1.165, 1.54) is 0 Å². The van der Waals surface area contributed by atoms with Gasteiger partial charge in [-0.1, -0.05) is 15.9 Å². The normalized spacial score (nSPS) is 9.75. The highest BCUT2D eigenvalue weighted by molar-refractivity contribution is 9.08. The van der Waals surface area contributed by atoms with Gasteiger partial charge in [0.25, 0.3) is 0 Å². The van der Waals surface area contributed by atoms with Gasteiger partial charge in [0, 0.05) is 0 Å². The summed E-state index contributed by atoms with van der Waals surface area (Å²) in [7, 11) is 0. The van der Waals surface area contributed by atoms with Gasteiger partial charge in [0.1, 0.15) is 11.5 Å². The van der Waals surface area contributed by atoms with Gasteiger partial charge >= 0.3 is 0 Å². The van der Waals surface area contributed by atoms with E-state index < -0.39 is 0 Å². The van der Waals surface area contributed by atoms with Gasteiger partial charge in [-0.3, -0.25) is 0 Å². The molecular weight excluding hydrogens is 168 g/mol. The summed E-state index contributed by atoms with van der Waals surface area (Å²) < 4.78 is 5.19. The van der Waals surface area contributed by atoms with E-state index in [2.05, 4.69) is 15.9 Å². The standard InChI is InChI=1S/C6H7BrO/c1-5-2-3-6(4-7)8-5/h2-3H,4H2,1H3. The summed E-state index contributed by atoms with van der Waals surface area (Å²) in [6.45, 7) is 1.94. The molecule has 0 unspecified atom stereocenters. The minimum Gasteiger partial charge on any atom is -0.466 e. The first-order chi connectivity index (χ1) is 3.83. The molecule has 0 saturated carbocycles. The number of alkyl halides is 1. The highest BCUT2D eigenvalue weighted by Gasteiger charge is 1.92. The summed E-state index contributed by atoms with van der Waals surface area (Å²) in [4.78, 5) is 0. The minimum atomic E-state index is 0.806. The van der Waals surface area contributed by atoms with E-state index in [4.69, 9.17) is 4.42 Å². The summed E-state index contributed by atoms with van der Waals surface area (Å²) in [6, 6.07) is 3.92. The second kappa shape index (κ2) is 2.35. The molecule has 1 rings (SSSR count). The fourth-order valence-electron chi connectivity index (χ4n) is 0.557. The number of aryl methyl sites for hydroxylation is 1. The molecule has 0 aliphatic heterocycles. The molecule has 0 aliphatic carbocycles. The van der Waals surface area contributed by atoms with Crippen molar-refractivity contribution >= 4 is 15.9 Å². The molecule has 1 aromatic heterocycles. The van der Waals surface area contributed by atoms with Crippen LogP contribution in [0.1, 0.15) is 11.5 Å². The molecule has 2 heteroatoms. The zero-order valence-corrected chi connectivity index (χ0v) is 6.23. The highest BCUT2D eigenvalue weighted by atomic mass is 79.9. The Balaban J connectivity index is 2.84. The van der Waals surface area contributed by atoms with E-state index in [1.807, 2.05) is 19.1 Å². The van der Waals surface area contributed by atoms with Crippen molar-refractivity contribution < 1.29 is 4.42 Å². The maximum absolute atomic E-state index is 5.19. The molecule has 0 amide bonds. The highest BCUT2D eigenvalue weighted by Crippen LogP contribution is 2.08. The fraction of sp³-hybridized carbons (Fsp3) is 0.333. The number of hydrogen-bond acceptors (Lipinski definition) is 1. The Morgan fingerprint density at radius 1 is 1.62 bits per heavy atom. The lowest BCUT2D eigenvalue weighted by Gasteiger charge is -1.81. The largest absolute Gasteiger partial charge is 0.466 e. The van der Waals surface area contributed by atoms with Crippen molar-refractivity contribution in [2.75, 3.05) is 0 Å². The average molecular weight is 175 g/mol. The van der Waals surface area contributed by atoms with E-state index in [0.29, 0.717) is 0 Å². The Hall–Kier alpha value is -0.240. The lowest BCUT2D eigenvalue weighted by molar-refractivity contribution is 0.502. The predicted octanol–water partition coefficient (Wildman–Crippen LogP) is 2.48. The molecule has 44 valence electrons. The monoisotopic (exact) mass is 174 g/mol. The Kier molecular flexibility index (Phi) is 1.73. The van der Waals surface area contributed by atoms with Crippen LogP contribution >= 0.6 is 15.9 Å². The van der Waals surface area contributed by atoms with Crippen LogP contribution in [-0.4, -0.2) is 0 Å². The van der Waals surface area contributed by atoms with E-state index in [9.17, 15) is 0 Å². The van der Waals surface area contributed by atoms with Crippen molar-refractivity contribution in [1.82, 2.24) is 0 Å². The first-order valence-corrected chi connectivity index (χ1v) is 3.56. The molecule has 0 fully saturated rings. The quantitative estimate of drug-likeness (QED) is 0.597. The van der Waals surface area contributed by atoms with Gasteiger partial charge in [0.2, 0.25) is 0 Å². The molecule has 0 N–H and O–H groups in total. The topological polar surface area (TPSA) is 13.1 Å². The first-order valence-electron chi connectivity index (χ1n) is 2.44. The van der Waals surface area contributed by atoms with E-state index >= 15 is 0 Å². The molecule has 1 aromatic rings. The van der Waals surface area contributed by atoms with Crippen LogP contribution in [0.4, 0.5) is 0 Å². The summed E-state index contributed by atoms with van der Waals surface area (Å²) in [6.07, 6.45) is 0. The fourth-order valence-corrected chi connectivity index (χ4v) is 0.858. The van der Waals surface area contributed by atoms with Crippen LogP contribution < -0.4 is 0 Å². The lowest BCUT2D eigenvalue weighted by Crippen LogP contribution is -1.63. The van der Waals surface area contributed by atoms with Crippen LogP contribution in [-0.2, 0) is 5.33 Å². The smallest absolute Gasteiger partial charge is 0.114 e. The molecule has 0 bridgehead atoms. The van der Waals surface area contributed by atoms with Crippen molar-refractivity contribution in [3.05, 3.63) is 23.7 Å². The predicted molar refractivity (Wildman–Crippen MR) is 36.1 cm³/mol. The molecule has 8 heavy (non-hydrogen) atoms. The summed E-state index contributed by atoms with van der Waals surface area (Å²) >= 11 is 3.28. The molecular formula is C6H7BrO. The van der Waals surface area contributed by atoms with Gasteiger partial charge in [0.05, 0.1) is 5.33 Å². The zero-order chi connectivity index (χ0) is 5.98. The number of halogens is 1. The molecule has 0 aromatic carbocycles. The molecule has 1 heterocycles. The maximum atomic E-state index is 5.19. The van der Waals surface area contributed by atoms with Crippen molar-refractivity contribution in [3.63, 3.8) is 0 Å². The summed E-state index contributed by atoms with van der Waals surface area (Å²) in [5.41, 5.74) is 0. The number of hydrogen-bond donors (Lipinski definition) is 0. The van der Waals surface area contributed by atoms with Gasteiger partial charge in [-0.25, -0.2) is 0 Å². The van der Waals surface area contributed by atoms with E-state index in [0.717, 1.165) is 16.9 Å². The Morgan fingerprint density at radius 3 is 2.62 bits per heavy atom. The second-order valence-electron chi connectivity index (χ2n) is 1.65. The van der Waals surface area contributed by atoms with Crippen LogP contribution in [0.5, 0.6) is 0 Å². The third-order valence-corrected chi connectivity index (χ3v) is 1.48. The summed E-state index contributed by atoms with van der Waals surface area (Å²) in [5, 5.41) is 0.806. The van der Waals surface area contributed by atoms with Gasteiger partial charge in [0.15, 0.2) is 0 Å². The van der Waals surface area contributed by atoms with Crippen LogP contribution in [0, 0.1) is 6.92 Å². The molecule has 0 spiro atoms. The van der Waals surface area contributed by atoms with E-state index in [1.54, 1.807) is 0 Å². The third kappa shape index (κ3) is 1.13. The molecule has 0 atom stereocenters. The molecule has 1 nitrogen and oxygen atoms in total. The Labute approximate surface area is 56.8 Å². The van der Waals surface area contributed by atoms with Gasteiger partial charge < -0.3 is 4.42 Å². The SMILES string of the molecule is Cc1ccc(CBr)o1. The van der Waals surface area contributed by atoms with Crippen LogP contribution in [0.25, 0.3) is 0 Å². The van der Waals surface area contributed by atoms with Crippen LogP contribution in [0.15, 0.2) is 16.5 Å². The molecule has 0 saturated heterocycles. The first kappa shape index (κ1) is 5.89. The average Bonchev–Trinajstić information content (AvgIpc) is 2.14. The summed E-state index contributed by atoms with van der Waals surface area (Å²) in [5.74, 6) is 1.96. The Morgan fingerprint density at radius 2 is 2.38 bits per heavy atom. The van der Waals surface area contributed by atoms with Crippen LogP contribution in [0.2, 0.25) is 0 Å². The zero-order valence-electron chi connectivity index (χ0n) is 4.65. The van der Waals surface area contributed by atoms with Crippen molar-refractivity contribution in [1.29, 1.82) is 0 Å². The number of rotatable bonds is 1.